The molecule has 0 spiro atoms. The van der Waals surface area contributed by atoms with Gasteiger partial charge in [0.15, 0.2) is 0 Å². The number of carbonyl (C=O) groups is 1. The number of aromatic amines is 2. The lowest BCUT2D eigenvalue weighted by molar-refractivity contribution is 0.0794. The molecule has 140 valence electrons. The lowest BCUT2D eigenvalue weighted by atomic mass is 10.1. The van der Waals surface area contributed by atoms with E-state index in [1.807, 2.05) is 0 Å². The van der Waals surface area contributed by atoms with Crippen molar-refractivity contribution in [1.29, 1.82) is 0 Å². The average Bonchev–Trinajstić information content (AvgIpc) is 3.29. The van der Waals surface area contributed by atoms with Crippen molar-refractivity contribution >= 4 is 32.7 Å². The van der Waals surface area contributed by atoms with Gasteiger partial charge >= 0.3 is 5.69 Å². The number of H-pyrrole nitrogens is 2. The molecular formula is C18H18N4O4S. The summed E-state index contributed by atoms with van der Waals surface area (Å²) in [6.07, 6.45) is 1.91. The molecule has 0 atom stereocenters. The number of aromatic nitrogens is 2. The number of fused-ring (bicyclic) bond motifs is 1. The number of amides is 1. The quantitative estimate of drug-likeness (QED) is 0.635. The highest BCUT2D eigenvalue weighted by Crippen LogP contribution is 2.24. The lowest BCUT2D eigenvalue weighted by Gasteiger charge is -2.18. The number of nitrogens with zero attached hydrogens (tertiary/aromatic N) is 1. The second-order valence-electron chi connectivity index (χ2n) is 6.44. The van der Waals surface area contributed by atoms with E-state index in [9.17, 15) is 18.0 Å². The van der Waals surface area contributed by atoms with Crippen LogP contribution in [0.1, 0.15) is 23.2 Å². The van der Waals surface area contributed by atoms with E-state index in [2.05, 4.69) is 14.7 Å². The minimum absolute atomic E-state index is 0.00586. The van der Waals surface area contributed by atoms with Gasteiger partial charge in [-0.15, -0.1) is 0 Å². The van der Waals surface area contributed by atoms with Gasteiger partial charge in [0.1, 0.15) is 0 Å². The first-order valence-corrected chi connectivity index (χ1v) is 10.1. The molecule has 4 rings (SSSR count). The second-order valence-corrected chi connectivity index (χ2v) is 8.12. The van der Waals surface area contributed by atoms with Crippen LogP contribution in [0.4, 0.5) is 5.69 Å². The normalized spacial score (nSPS) is 14.6. The summed E-state index contributed by atoms with van der Waals surface area (Å²) in [5, 5.41) is 0. The van der Waals surface area contributed by atoms with Crippen LogP contribution in [0.5, 0.6) is 0 Å². The molecule has 9 heteroatoms. The maximum absolute atomic E-state index is 12.8. The second kappa shape index (κ2) is 6.58. The number of likely N-dealkylation sites (tertiary alicyclic amines) is 1. The van der Waals surface area contributed by atoms with Crippen molar-refractivity contribution in [1.82, 2.24) is 14.9 Å². The van der Waals surface area contributed by atoms with Gasteiger partial charge in [0, 0.05) is 13.1 Å². The van der Waals surface area contributed by atoms with Gasteiger partial charge in [-0.1, -0.05) is 12.1 Å². The highest BCUT2D eigenvalue weighted by Gasteiger charge is 2.24. The molecule has 1 amide bonds. The summed E-state index contributed by atoms with van der Waals surface area (Å²) in [5.74, 6) is -0.184. The number of hydrogen-bond donors (Lipinski definition) is 3. The van der Waals surface area contributed by atoms with Gasteiger partial charge in [-0.25, -0.2) is 13.2 Å². The molecule has 8 nitrogen and oxygen atoms in total. The zero-order valence-electron chi connectivity index (χ0n) is 14.4. The average molecular weight is 386 g/mol. The molecule has 1 aliphatic heterocycles. The molecule has 1 aliphatic rings. The van der Waals surface area contributed by atoms with Crippen LogP contribution in [-0.2, 0) is 10.0 Å². The minimum Gasteiger partial charge on any atom is -0.339 e. The Morgan fingerprint density at radius 3 is 2.48 bits per heavy atom. The number of sulfonamides is 1. The van der Waals surface area contributed by atoms with Gasteiger partial charge in [-0.2, -0.15) is 0 Å². The Morgan fingerprint density at radius 2 is 1.70 bits per heavy atom. The number of para-hydroxylation sites is 1. The van der Waals surface area contributed by atoms with Crippen molar-refractivity contribution in [2.45, 2.75) is 17.7 Å². The molecule has 0 bridgehead atoms. The molecule has 2 aromatic carbocycles. The predicted molar refractivity (Wildman–Crippen MR) is 101 cm³/mol. The Balaban J connectivity index is 1.68. The van der Waals surface area contributed by atoms with Gasteiger partial charge in [0.25, 0.3) is 15.9 Å². The smallest absolute Gasteiger partial charge is 0.323 e. The van der Waals surface area contributed by atoms with E-state index in [1.54, 1.807) is 29.2 Å². The third kappa shape index (κ3) is 3.33. The molecule has 0 radical (unpaired) electrons. The van der Waals surface area contributed by atoms with E-state index in [-0.39, 0.29) is 16.5 Å². The number of hydrogen-bond acceptors (Lipinski definition) is 4. The van der Waals surface area contributed by atoms with E-state index in [1.165, 1.54) is 18.2 Å². The van der Waals surface area contributed by atoms with Gasteiger partial charge in [-0.05, 0) is 43.2 Å². The van der Waals surface area contributed by atoms with Crippen LogP contribution in [0.3, 0.4) is 0 Å². The molecule has 3 aromatic rings. The van der Waals surface area contributed by atoms with Crippen molar-refractivity contribution < 1.29 is 13.2 Å². The summed E-state index contributed by atoms with van der Waals surface area (Å²) < 4.78 is 28.1. The summed E-state index contributed by atoms with van der Waals surface area (Å²) in [6, 6.07) is 10.9. The van der Waals surface area contributed by atoms with Gasteiger partial charge in [-0.3, -0.25) is 9.52 Å². The fourth-order valence-electron chi connectivity index (χ4n) is 3.23. The van der Waals surface area contributed by atoms with Crippen molar-refractivity contribution in [3.05, 3.63) is 58.5 Å². The fraction of sp³-hybridized carbons (Fsp3) is 0.222. The number of carbonyl (C=O) groups excluding carboxylic acids is 1. The van der Waals surface area contributed by atoms with E-state index < -0.39 is 15.7 Å². The number of benzene rings is 2. The lowest BCUT2D eigenvalue weighted by Crippen LogP contribution is -2.28. The van der Waals surface area contributed by atoms with Gasteiger partial charge in [0.05, 0.1) is 27.2 Å². The SMILES string of the molecule is O=C(c1ccccc1NS(=O)(=O)c1ccc2[nH]c(=O)[nH]c2c1)N1CCCC1. The number of nitrogens with one attached hydrogen (secondary N) is 3. The summed E-state index contributed by atoms with van der Waals surface area (Å²) in [7, 11) is -3.93. The van der Waals surface area contributed by atoms with Crippen LogP contribution in [0, 0.1) is 0 Å². The van der Waals surface area contributed by atoms with E-state index in [0.717, 1.165) is 12.8 Å². The molecule has 27 heavy (non-hydrogen) atoms. The van der Waals surface area contributed by atoms with Crippen LogP contribution >= 0.6 is 0 Å². The molecule has 0 unspecified atom stereocenters. The number of anilines is 1. The van der Waals surface area contributed by atoms with E-state index in [0.29, 0.717) is 29.7 Å². The minimum atomic E-state index is -3.93. The first kappa shape index (κ1) is 17.3. The maximum atomic E-state index is 12.8. The summed E-state index contributed by atoms with van der Waals surface area (Å²) in [6.45, 7) is 1.36. The summed E-state index contributed by atoms with van der Waals surface area (Å²) in [5.41, 5.74) is 1.05. The first-order chi connectivity index (χ1) is 12.9. The molecule has 1 fully saturated rings. The Labute approximate surface area is 155 Å². The van der Waals surface area contributed by atoms with Crippen LogP contribution < -0.4 is 10.4 Å². The first-order valence-electron chi connectivity index (χ1n) is 8.57. The summed E-state index contributed by atoms with van der Waals surface area (Å²) >= 11 is 0. The predicted octanol–water partition coefficient (Wildman–Crippen LogP) is 1.89. The fourth-order valence-corrected chi connectivity index (χ4v) is 4.34. The van der Waals surface area contributed by atoms with Gasteiger partial charge < -0.3 is 14.9 Å². The molecule has 0 aliphatic carbocycles. The van der Waals surface area contributed by atoms with Crippen molar-refractivity contribution in [2.75, 3.05) is 17.8 Å². The van der Waals surface area contributed by atoms with Gasteiger partial charge in [0.2, 0.25) is 0 Å². The zero-order valence-corrected chi connectivity index (χ0v) is 15.2. The Hall–Kier alpha value is -3.07. The third-order valence-corrected chi connectivity index (χ3v) is 5.96. The molecule has 1 saturated heterocycles. The molecular weight excluding hydrogens is 368 g/mol. The summed E-state index contributed by atoms with van der Waals surface area (Å²) in [4.78, 5) is 30.9. The van der Waals surface area contributed by atoms with Crippen molar-refractivity contribution in [3.63, 3.8) is 0 Å². The molecule has 3 N–H and O–H groups in total. The van der Waals surface area contributed by atoms with Crippen LogP contribution in [-0.4, -0.2) is 42.3 Å². The third-order valence-electron chi connectivity index (χ3n) is 4.59. The topological polar surface area (TPSA) is 115 Å². The zero-order chi connectivity index (χ0) is 19.0. The van der Waals surface area contributed by atoms with Crippen molar-refractivity contribution in [2.24, 2.45) is 0 Å². The molecule has 2 heterocycles. The molecule has 1 aromatic heterocycles. The molecule has 0 saturated carbocycles. The standard InChI is InChI=1S/C18H18N4O4S/c23-17(22-9-3-4-10-22)13-5-1-2-6-14(13)21-27(25,26)12-7-8-15-16(11-12)20-18(24)19-15/h1-2,5-8,11,21H,3-4,9-10H2,(H2,19,20,24). The Morgan fingerprint density at radius 1 is 1.00 bits per heavy atom. The number of rotatable bonds is 4. The highest BCUT2D eigenvalue weighted by molar-refractivity contribution is 7.92. The van der Waals surface area contributed by atoms with Crippen LogP contribution in [0.15, 0.2) is 52.2 Å². The largest absolute Gasteiger partial charge is 0.339 e. The van der Waals surface area contributed by atoms with Crippen molar-refractivity contribution in [3.8, 4) is 0 Å². The van der Waals surface area contributed by atoms with E-state index in [4.69, 9.17) is 0 Å². The van der Waals surface area contributed by atoms with E-state index >= 15 is 0 Å². The van der Waals surface area contributed by atoms with Crippen LogP contribution in [0.2, 0.25) is 0 Å². The Bertz CT molecular complexity index is 1170. The van der Waals surface area contributed by atoms with Crippen LogP contribution in [0.25, 0.3) is 11.0 Å². The maximum Gasteiger partial charge on any atom is 0.323 e. The Kier molecular flexibility index (Phi) is 4.23. The number of imidazole rings is 1. The highest BCUT2D eigenvalue weighted by atomic mass is 32.2. The monoisotopic (exact) mass is 386 g/mol.